The van der Waals surface area contributed by atoms with Crippen molar-refractivity contribution in [3.05, 3.63) is 106 Å². The van der Waals surface area contributed by atoms with Crippen LogP contribution in [0.3, 0.4) is 0 Å². The second-order valence-corrected chi connectivity index (χ2v) is 10.6. The largest absolute Gasteiger partial charge is 0.352 e. The summed E-state index contributed by atoms with van der Waals surface area (Å²) >= 11 is 7.46. The summed E-state index contributed by atoms with van der Waals surface area (Å²) in [5, 5.41) is 3.41. The summed E-state index contributed by atoms with van der Waals surface area (Å²) in [6.07, 6.45) is 1.18. The van der Waals surface area contributed by atoms with Crippen molar-refractivity contribution >= 4 is 35.2 Å². The van der Waals surface area contributed by atoms with Crippen LogP contribution in [-0.2, 0) is 28.3 Å². The van der Waals surface area contributed by atoms with Gasteiger partial charge >= 0.3 is 0 Å². The maximum Gasteiger partial charge on any atom is 0.243 e. The van der Waals surface area contributed by atoms with Gasteiger partial charge in [-0.25, -0.2) is 4.39 Å². The van der Waals surface area contributed by atoms with Crippen molar-refractivity contribution in [3.8, 4) is 0 Å². The number of thioether (sulfide) groups is 1. The third-order valence-electron chi connectivity index (χ3n) is 6.24. The van der Waals surface area contributed by atoms with E-state index in [1.54, 1.807) is 17.0 Å². The number of nitrogens with one attached hydrogen (secondary N) is 1. The molecule has 1 N–H and O–H groups in total. The van der Waals surface area contributed by atoms with E-state index in [-0.39, 0.29) is 35.2 Å². The topological polar surface area (TPSA) is 49.4 Å². The number of benzene rings is 3. The summed E-state index contributed by atoms with van der Waals surface area (Å²) in [6.45, 7) is 6.27. The molecule has 0 spiro atoms. The van der Waals surface area contributed by atoms with E-state index in [0.29, 0.717) is 23.6 Å². The molecule has 0 bridgehead atoms. The highest BCUT2D eigenvalue weighted by atomic mass is 35.5. The molecule has 37 heavy (non-hydrogen) atoms. The fourth-order valence-electron chi connectivity index (χ4n) is 4.00. The number of nitrogens with zero attached hydrogens (tertiary/aromatic N) is 1. The van der Waals surface area contributed by atoms with Crippen molar-refractivity contribution in [1.82, 2.24) is 10.2 Å². The third kappa shape index (κ3) is 8.61. The summed E-state index contributed by atoms with van der Waals surface area (Å²) < 4.78 is 14.2. The highest BCUT2D eigenvalue weighted by Gasteiger charge is 2.31. The lowest BCUT2D eigenvalue weighted by molar-refractivity contribution is -0.139. The van der Waals surface area contributed by atoms with Crippen LogP contribution in [0.1, 0.15) is 42.5 Å². The quantitative estimate of drug-likeness (QED) is 0.282. The normalized spacial score (nSPS) is 12.6. The van der Waals surface area contributed by atoms with E-state index in [1.807, 2.05) is 75.4 Å². The van der Waals surface area contributed by atoms with Crippen LogP contribution in [-0.4, -0.2) is 34.6 Å². The molecule has 0 radical (unpaired) electrons. The smallest absolute Gasteiger partial charge is 0.243 e. The number of carbonyl (C=O) groups excluding carboxylic acids is 2. The van der Waals surface area contributed by atoms with Gasteiger partial charge in [0.15, 0.2) is 0 Å². The van der Waals surface area contributed by atoms with E-state index >= 15 is 0 Å². The Hall–Kier alpha value is -2.83. The zero-order valence-electron chi connectivity index (χ0n) is 21.5. The summed E-state index contributed by atoms with van der Waals surface area (Å²) in [4.78, 5) is 28.9. The average molecular weight is 541 g/mol. The van der Waals surface area contributed by atoms with E-state index < -0.39 is 6.04 Å². The van der Waals surface area contributed by atoms with Crippen LogP contribution in [0, 0.1) is 12.7 Å². The minimum absolute atomic E-state index is 0.0146. The van der Waals surface area contributed by atoms with Crippen LogP contribution < -0.4 is 5.32 Å². The second kappa shape index (κ2) is 14.2. The molecule has 3 aromatic carbocycles. The fourth-order valence-corrected chi connectivity index (χ4v) is 5.24. The number of hydrogen-bond acceptors (Lipinski definition) is 3. The van der Waals surface area contributed by atoms with Crippen molar-refractivity contribution in [3.63, 3.8) is 0 Å². The van der Waals surface area contributed by atoms with Crippen molar-refractivity contribution in [2.45, 2.75) is 58.0 Å². The molecule has 0 aliphatic carbocycles. The van der Waals surface area contributed by atoms with Crippen molar-refractivity contribution in [2.75, 3.05) is 5.75 Å². The molecule has 2 atom stereocenters. The van der Waals surface area contributed by atoms with Gasteiger partial charge in [-0.2, -0.15) is 0 Å². The van der Waals surface area contributed by atoms with E-state index in [0.717, 1.165) is 23.1 Å². The maximum absolute atomic E-state index is 14.2. The molecule has 3 aromatic rings. The van der Waals surface area contributed by atoms with Gasteiger partial charge in [0, 0.05) is 35.3 Å². The molecule has 0 aliphatic rings. The Morgan fingerprint density at radius 2 is 1.73 bits per heavy atom. The lowest BCUT2D eigenvalue weighted by Gasteiger charge is -2.32. The van der Waals surface area contributed by atoms with Crippen LogP contribution in [0.15, 0.2) is 72.8 Å². The average Bonchev–Trinajstić information content (AvgIpc) is 2.88. The molecule has 4 nitrogen and oxygen atoms in total. The molecular formula is C30H34ClFN2O2S. The van der Waals surface area contributed by atoms with Crippen molar-refractivity contribution < 1.29 is 14.0 Å². The van der Waals surface area contributed by atoms with E-state index in [2.05, 4.69) is 5.32 Å². The Labute approximate surface area is 228 Å². The van der Waals surface area contributed by atoms with Crippen LogP contribution >= 0.6 is 23.4 Å². The molecule has 0 fully saturated rings. The third-order valence-corrected chi connectivity index (χ3v) is 7.54. The molecule has 0 unspecified atom stereocenters. The Bertz CT molecular complexity index is 1170. The highest BCUT2D eigenvalue weighted by molar-refractivity contribution is 7.99. The number of amides is 2. The lowest BCUT2D eigenvalue weighted by Crippen LogP contribution is -2.52. The Morgan fingerprint density at radius 1 is 1.03 bits per heavy atom. The molecule has 7 heteroatoms. The number of hydrogen-bond donors (Lipinski definition) is 1. The first-order valence-corrected chi connectivity index (χ1v) is 14.0. The van der Waals surface area contributed by atoms with Gasteiger partial charge in [0.1, 0.15) is 11.9 Å². The van der Waals surface area contributed by atoms with Crippen molar-refractivity contribution in [1.29, 1.82) is 0 Å². The first-order valence-electron chi connectivity index (χ1n) is 12.5. The number of rotatable bonds is 12. The van der Waals surface area contributed by atoms with E-state index in [4.69, 9.17) is 11.6 Å². The number of halogens is 2. The molecule has 0 aliphatic heterocycles. The SMILES string of the molecule is CC[C@H](C)NC(=O)[C@H](Cc1ccccc1)N(Cc1cccc(C)c1)C(=O)CSCc1c(F)cccc1Cl. The van der Waals surface area contributed by atoms with E-state index in [1.165, 1.54) is 17.8 Å². The molecule has 0 saturated heterocycles. The van der Waals surface area contributed by atoms with Crippen molar-refractivity contribution in [2.24, 2.45) is 0 Å². The molecule has 196 valence electrons. The molecule has 3 rings (SSSR count). The molecule has 0 heterocycles. The van der Waals surface area contributed by atoms with Gasteiger partial charge in [-0.1, -0.05) is 84.8 Å². The first kappa shape index (κ1) is 28.7. The Balaban J connectivity index is 1.88. The predicted octanol–water partition coefficient (Wildman–Crippen LogP) is 6.58. The van der Waals surface area contributed by atoms with Gasteiger partial charge in [-0.05, 0) is 43.5 Å². The highest BCUT2D eigenvalue weighted by Crippen LogP contribution is 2.25. The van der Waals surface area contributed by atoms with E-state index in [9.17, 15) is 14.0 Å². The van der Waals surface area contributed by atoms with Crippen LogP contribution in [0.5, 0.6) is 0 Å². The van der Waals surface area contributed by atoms with Gasteiger partial charge in [-0.3, -0.25) is 9.59 Å². The van der Waals surface area contributed by atoms with Crippen LogP contribution in [0.25, 0.3) is 0 Å². The summed E-state index contributed by atoms with van der Waals surface area (Å²) in [7, 11) is 0. The van der Waals surface area contributed by atoms with Crippen LogP contribution in [0.4, 0.5) is 4.39 Å². The van der Waals surface area contributed by atoms with Gasteiger partial charge in [0.25, 0.3) is 0 Å². The predicted molar refractivity (Wildman–Crippen MR) is 151 cm³/mol. The molecule has 2 amide bonds. The van der Waals surface area contributed by atoms with Crippen LogP contribution in [0.2, 0.25) is 5.02 Å². The lowest BCUT2D eigenvalue weighted by atomic mass is 10.0. The fraction of sp³-hybridized carbons (Fsp3) is 0.333. The standard InChI is InChI=1S/C30H34ClFN2O2S/c1-4-22(3)33-30(36)28(17-23-11-6-5-7-12-23)34(18-24-13-8-10-21(2)16-24)29(35)20-37-19-25-26(31)14-9-15-27(25)32/h5-16,22,28H,4,17-20H2,1-3H3,(H,33,36)/t22-,28-/m0/s1. The maximum atomic E-state index is 14.2. The second-order valence-electron chi connectivity index (χ2n) is 9.23. The zero-order valence-corrected chi connectivity index (χ0v) is 23.1. The minimum Gasteiger partial charge on any atom is -0.352 e. The summed E-state index contributed by atoms with van der Waals surface area (Å²) in [5.41, 5.74) is 3.38. The molecule has 0 aromatic heterocycles. The molecule has 0 saturated carbocycles. The zero-order chi connectivity index (χ0) is 26.8. The molecular weight excluding hydrogens is 507 g/mol. The van der Waals surface area contributed by atoms with Gasteiger partial charge in [0.05, 0.1) is 5.75 Å². The Kier molecular flexibility index (Phi) is 11.0. The number of carbonyl (C=O) groups is 2. The van der Waals surface area contributed by atoms with Gasteiger partial charge < -0.3 is 10.2 Å². The first-order chi connectivity index (χ1) is 17.8. The number of aryl methyl sites for hydroxylation is 1. The summed E-state index contributed by atoms with van der Waals surface area (Å²) in [5.74, 6) is -0.393. The minimum atomic E-state index is -0.693. The van der Waals surface area contributed by atoms with Gasteiger partial charge in [0.2, 0.25) is 11.8 Å². The summed E-state index contributed by atoms with van der Waals surface area (Å²) in [6, 6.07) is 21.5. The van der Waals surface area contributed by atoms with Gasteiger partial charge in [-0.15, -0.1) is 11.8 Å². The monoisotopic (exact) mass is 540 g/mol. The Morgan fingerprint density at radius 3 is 2.41 bits per heavy atom.